The second-order valence-corrected chi connectivity index (χ2v) is 6.37. The first kappa shape index (κ1) is 13.4. The number of hydrogen-bond acceptors (Lipinski definition) is 3. The zero-order valence-electron chi connectivity index (χ0n) is 11.9. The summed E-state index contributed by atoms with van der Waals surface area (Å²) in [4.78, 5) is 17.1. The second kappa shape index (κ2) is 6.23. The zero-order valence-corrected chi connectivity index (χ0v) is 11.9. The lowest BCUT2D eigenvalue weighted by atomic mass is 9.95. The first-order chi connectivity index (χ1) is 9.34. The number of carbonyl (C=O) groups excluding carboxylic acids is 1. The highest BCUT2D eigenvalue weighted by Crippen LogP contribution is 2.27. The van der Waals surface area contributed by atoms with Crippen LogP contribution in [0.4, 0.5) is 0 Å². The molecule has 0 atom stereocenters. The Kier molecular flexibility index (Phi) is 4.38. The lowest BCUT2D eigenvalue weighted by Crippen LogP contribution is -2.64. The summed E-state index contributed by atoms with van der Waals surface area (Å²) in [6, 6.07) is 0.636. The Labute approximate surface area is 116 Å². The van der Waals surface area contributed by atoms with Crippen molar-refractivity contribution in [2.75, 3.05) is 39.3 Å². The third kappa shape index (κ3) is 3.11. The number of hydrogen-bond donors (Lipinski definition) is 1. The van der Waals surface area contributed by atoms with Crippen molar-refractivity contribution >= 4 is 5.91 Å². The Bertz CT molecular complexity index is 301. The van der Waals surface area contributed by atoms with E-state index in [1.807, 2.05) is 0 Å². The molecule has 19 heavy (non-hydrogen) atoms. The number of piperazine rings is 1. The van der Waals surface area contributed by atoms with Gasteiger partial charge in [-0.25, -0.2) is 0 Å². The van der Waals surface area contributed by atoms with Gasteiger partial charge in [0.2, 0.25) is 5.91 Å². The summed E-state index contributed by atoms with van der Waals surface area (Å²) in [6.07, 6.45) is 7.43. The van der Waals surface area contributed by atoms with Crippen molar-refractivity contribution in [3.63, 3.8) is 0 Å². The minimum Gasteiger partial charge on any atom is -0.339 e. The quantitative estimate of drug-likeness (QED) is 0.759. The van der Waals surface area contributed by atoms with E-state index in [2.05, 4.69) is 15.1 Å². The summed E-state index contributed by atoms with van der Waals surface area (Å²) in [7, 11) is 0. The summed E-state index contributed by atoms with van der Waals surface area (Å²) in [5.74, 6) is 0.791. The van der Waals surface area contributed by atoms with Gasteiger partial charge in [0.25, 0.3) is 0 Å². The third-order valence-corrected chi connectivity index (χ3v) is 5.05. The first-order valence-electron chi connectivity index (χ1n) is 8.08. The van der Waals surface area contributed by atoms with Crippen molar-refractivity contribution in [2.24, 2.45) is 5.92 Å². The van der Waals surface area contributed by atoms with Crippen LogP contribution < -0.4 is 5.32 Å². The van der Waals surface area contributed by atoms with Crippen LogP contribution in [0.3, 0.4) is 0 Å². The first-order valence-corrected chi connectivity index (χ1v) is 8.08. The van der Waals surface area contributed by atoms with Gasteiger partial charge in [0.05, 0.1) is 0 Å². The Morgan fingerprint density at radius 1 is 0.947 bits per heavy atom. The molecule has 3 fully saturated rings. The summed E-state index contributed by atoms with van der Waals surface area (Å²) in [5.41, 5.74) is 0. The third-order valence-electron chi connectivity index (χ3n) is 5.05. The van der Waals surface area contributed by atoms with Crippen molar-refractivity contribution in [2.45, 2.75) is 44.6 Å². The maximum Gasteiger partial charge on any atom is 0.225 e. The van der Waals surface area contributed by atoms with Crippen LogP contribution in [0.1, 0.15) is 38.5 Å². The Hall–Kier alpha value is -0.610. The number of nitrogens with one attached hydrogen (secondary N) is 1. The number of likely N-dealkylation sites (tertiary alicyclic amines) is 1. The van der Waals surface area contributed by atoms with Gasteiger partial charge in [-0.3, -0.25) is 9.69 Å². The smallest absolute Gasteiger partial charge is 0.225 e. The molecule has 0 spiro atoms. The molecule has 2 saturated heterocycles. The van der Waals surface area contributed by atoms with Crippen LogP contribution >= 0.6 is 0 Å². The van der Waals surface area contributed by atoms with E-state index in [4.69, 9.17) is 0 Å². The molecule has 2 aliphatic heterocycles. The largest absolute Gasteiger partial charge is 0.339 e. The number of nitrogens with zero attached hydrogens (tertiary/aromatic N) is 2. The van der Waals surface area contributed by atoms with Crippen molar-refractivity contribution in [1.82, 2.24) is 15.1 Å². The van der Waals surface area contributed by atoms with E-state index in [-0.39, 0.29) is 0 Å². The molecule has 4 heteroatoms. The molecule has 0 radical (unpaired) electrons. The highest BCUT2D eigenvalue weighted by atomic mass is 16.2. The molecule has 1 amide bonds. The normalized spacial score (nSPS) is 27.9. The molecule has 3 rings (SSSR count). The molecule has 0 bridgehead atoms. The molecular weight excluding hydrogens is 238 g/mol. The average Bonchev–Trinajstić information content (AvgIpc) is 2.67. The SMILES string of the molecule is O=C(C1CCCCCC1)N1CC(N2CCNCC2)C1. The molecule has 0 aromatic heterocycles. The van der Waals surface area contributed by atoms with E-state index in [1.165, 1.54) is 25.7 Å². The fourth-order valence-electron chi connectivity index (χ4n) is 3.70. The van der Waals surface area contributed by atoms with Gasteiger partial charge >= 0.3 is 0 Å². The highest BCUT2D eigenvalue weighted by molar-refractivity contribution is 5.79. The number of carbonyl (C=O) groups is 1. The van der Waals surface area contributed by atoms with Gasteiger partial charge in [0, 0.05) is 51.2 Å². The van der Waals surface area contributed by atoms with Crippen LogP contribution in [0.15, 0.2) is 0 Å². The maximum atomic E-state index is 12.5. The summed E-state index contributed by atoms with van der Waals surface area (Å²) >= 11 is 0. The van der Waals surface area contributed by atoms with Crippen LogP contribution in [0.2, 0.25) is 0 Å². The fourth-order valence-corrected chi connectivity index (χ4v) is 3.70. The molecule has 1 saturated carbocycles. The number of amides is 1. The predicted molar refractivity (Wildman–Crippen MR) is 76.0 cm³/mol. The molecular formula is C15H27N3O. The molecule has 108 valence electrons. The van der Waals surface area contributed by atoms with E-state index in [1.54, 1.807) is 0 Å². The fraction of sp³-hybridized carbons (Fsp3) is 0.933. The summed E-state index contributed by atoms with van der Waals surface area (Å²) < 4.78 is 0. The van der Waals surface area contributed by atoms with Crippen molar-refractivity contribution in [3.8, 4) is 0 Å². The standard InChI is InChI=1S/C15H27N3O/c19-15(13-5-3-1-2-4-6-13)18-11-14(12-18)17-9-7-16-8-10-17/h13-14,16H,1-12H2. The topological polar surface area (TPSA) is 35.6 Å². The summed E-state index contributed by atoms with van der Waals surface area (Å²) in [6.45, 7) is 6.47. The van der Waals surface area contributed by atoms with Crippen LogP contribution in [0.5, 0.6) is 0 Å². The minimum atomic E-state index is 0.339. The van der Waals surface area contributed by atoms with Crippen LogP contribution in [0.25, 0.3) is 0 Å². The summed E-state index contributed by atoms with van der Waals surface area (Å²) in [5, 5.41) is 3.39. The monoisotopic (exact) mass is 265 g/mol. The minimum absolute atomic E-state index is 0.339. The van der Waals surface area contributed by atoms with Gasteiger partial charge in [-0.15, -0.1) is 0 Å². The maximum absolute atomic E-state index is 12.5. The van der Waals surface area contributed by atoms with E-state index in [0.717, 1.165) is 52.1 Å². The van der Waals surface area contributed by atoms with Gasteiger partial charge in [0.1, 0.15) is 0 Å². The van der Waals surface area contributed by atoms with E-state index in [9.17, 15) is 4.79 Å². The van der Waals surface area contributed by atoms with Gasteiger partial charge in [-0.05, 0) is 12.8 Å². The van der Waals surface area contributed by atoms with Gasteiger partial charge in [-0.2, -0.15) is 0 Å². The van der Waals surface area contributed by atoms with Crippen molar-refractivity contribution in [1.29, 1.82) is 0 Å². The van der Waals surface area contributed by atoms with E-state index in [0.29, 0.717) is 17.9 Å². The highest BCUT2D eigenvalue weighted by Gasteiger charge is 2.37. The van der Waals surface area contributed by atoms with Crippen LogP contribution in [-0.2, 0) is 4.79 Å². The van der Waals surface area contributed by atoms with Crippen LogP contribution in [-0.4, -0.2) is 61.0 Å². The Morgan fingerprint density at radius 2 is 1.58 bits per heavy atom. The molecule has 1 aliphatic carbocycles. The van der Waals surface area contributed by atoms with Gasteiger partial charge in [0.15, 0.2) is 0 Å². The average molecular weight is 265 g/mol. The second-order valence-electron chi connectivity index (χ2n) is 6.37. The molecule has 0 aromatic rings. The molecule has 0 aromatic carbocycles. The van der Waals surface area contributed by atoms with E-state index < -0.39 is 0 Å². The lowest BCUT2D eigenvalue weighted by Gasteiger charge is -2.47. The lowest BCUT2D eigenvalue weighted by molar-refractivity contribution is -0.143. The molecule has 4 nitrogen and oxygen atoms in total. The van der Waals surface area contributed by atoms with Crippen molar-refractivity contribution in [3.05, 3.63) is 0 Å². The molecule has 1 N–H and O–H groups in total. The van der Waals surface area contributed by atoms with Crippen molar-refractivity contribution < 1.29 is 4.79 Å². The Balaban J connectivity index is 1.45. The van der Waals surface area contributed by atoms with Gasteiger partial charge < -0.3 is 10.2 Å². The molecule has 3 aliphatic rings. The zero-order chi connectivity index (χ0) is 13.1. The van der Waals surface area contributed by atoms with Gasteiger partial charge in [-0.1, -0.05) is 25.7 Å². The molecule has 0 unspecified atom stereocenters. The van der Waals surface area contributed by atoms with Crippen LogP contribution in [0, 0.1) is 5.92 Å². The Morgan fingerprint density at radius 3 is 2.21 bits per heavy atom. The molecule has 2 heterocycles. The predicted octanol–water partition coefficient (Wildman–Crippen LogP) is 1.07. The number of rotatable bonds is 2. The van der Waals surface area contributed by atoms with E-state index >= 15 is 0 Å².